The maximum absolute atomic E-state index is 13.1. The summed E-state index contributed by atoms with van der Waals surface area (Å²) in [5.41, 5.74) is 10.1. The third kappa shape index (κ3) is 7.29. The molecule has 0 aliphatic heterocycles. The van der Waals surface area contributed by atoms with Crippen molar-refractivity contribution in [2.45, 2.75) is 51.6 Å². The molecule has 207 valence electrons. The van der Waals surface area contributed by atoms with Gasteiger partial charge in [-0.1, -0.05) is 137 Å². The fraction of sp³-hybridized carbons (Fsp3) is 0.206. The van der Waals surface area contributed by atoms with Gasteiger partial charge in [-0.05, 0) is 52.5 Å². The molecular formula is C34H35IrN2O2S+. The third-order valence-electron chi connectivity index (χ3n) is 7.70. The summed E-state index contributed by atoms with van der Waals surface area (Å²) < 4.78 is 30.5. The first-order valence-corrected chi connectivity index (χ1v) is 14.5. The molecule has 5 rings (SSSR count). The van der Waals surface area contributed by atoms with Gasteiger partial charge in [0.25, 0.3) is 0 Å². The predicted molar refractivity (Wildman–Crippen MR) is 162 cm³/mol. The van der Waals surface area contributed by atoms with Crippen LogP contribution in [0.3, 0.4) is 0 Å². The number of rotatable bonds is 6. The van der Waals surface area contributed by atoms with Crippen LogP contribution in [0, 0.1) is 29.6 Å². The number of nitrogens with zero attached hydrogens (tertiary/aromatic N) is 1. The molecule has 1 N–H and O–H groups in total. The second-order valence-corrected chi connectivity index (χ2v) is 11.6. The van der Waals surface area contributed by atoms with E-state index in [-0.39, 0.29) is 25.0 Å². The Labute approximate surface area is 254 Å². The van der Waals surface area contributed by atoms with Gasteiger partial charge in [-0.3, -0.25) is 0 Å². The van der Waals surface area contributed by atoms with Gasteiger partial charge in [0, 0.05) is 4.90 Å². The van der Waals surface area contributed by atoms with Crippen molar-refractivity contribution >= 4 is 20.8 Å². The molecule has 5 radical (unpaired) electrons. The van der Waals surface area contributed by atoms with Crippen LogP contribution < -0.4 is 0 Å². The Bertz CT molecular complexity index is 1420. The smallest absolute Gasteiger partial charge is 0.672 e. The molecule has 0 heterocycles. The molecule has 2 atom stereocenters. The van der Waals surface area contributed by atoms with E-state index in [0.29, 0.717) is 5.56 Å². The van der Waals surface area contributed by atoms with Crippen molar-refractivity contribution in [3.63, 3.8) is 0 Å². The average Bonchev–Trinajstić information content (AvgIpc) is 3.14. The molecule has 1 fully saturated rings. The molecule has 0 unspecified atom stereocenters. The van der Waals surface area contributed by atoms with Crippen LogP contribution in [-0.2, 0) is 30.1 Å². The van der Waals surface area contributed by atoms with Crippen LogP contribution >= 0.6 is 0 Å². The summed E-state index contributed by atoms with van der Waals surface area (Å²) in [4.78, 5) is 0.136. The first-order chi connectivity index (χ1) is 18.6. The Morgan fingerprint density at radius 3 is 1.50 bits per heavy atom. The third-order valence-corrected chi connectivity index (χ3v) is 9.05. The van der Waals surface area contributed by atoms with Crippen molar-refractivity contribution < 1.29 is 28.5 Å². The summed E-state index contributed by atoms with van der Waals surface area (Å²) in [6.45, 7) is 11.0. The molecule has 0 spiro atoms. The zero-order valence-corrected chi connectivity index (χ0v) is 26.7. The van der Waals surface area contributed by atoms with Gasteiger partial charge >= 0.3 is 20.1 Å². The molecule has 1 aliphatic carbocycles. The van der Waals surface area contributed by atoms with Crippen LogP contribution in [-0.4, -0.2) is 8.42 Å². The number of benzene rings is 4. The van der Waals surface area contributed by atoms with E-state index >= 15 is 0 Å². The summed E-state index contributed by atoms with van der Waals surface area (Å²) in [5, 5.41) is 1.80. The fourth-order valence-electron chi connectivity index (χ4n) is 4.75. The molecule has 0 saturated heterocycles. The molecule has 40 heavy (non-hydrogen) atoms. The molecule has 1 saturated carbocycles. The molecular weight excluding hydrogens is 693 g/mol. The topological polar surface area (TPSA) is 72.0 Å². The minimum Gasteiger partial charge on any atom is -0.672 e. The van der Waals surface area contributed by atoms with Gasteiger partial charge in [0.15, 0.2) is 0 Å². The molecule has 4 aromatic carbocycles. The van der Waals surface area contributed by atoms with Crippen molar-refractivity contribution in [2.75, 3.05) is 0 Å². The maximum atomic E-state index is 13.1. The molecule has 0 bridgehead atoms. The van der Waals surface area contributed by atoms with E-state index in [1.54, 1.807) is 18.2 Å². The number of fused-ring (bicyclic) bond motifs is 1. The summed E-state index contributed by atoms with van der Waals surface area (Å²) in [6.07, 6.45) is 0. The fourth-order valence-corrected chi connectivity index (χ4v) is 5.93. The van der Waals surface area contributed by atoms with Gasteiger partial charge in [0.1, 0.15) is 10.0 Å². The van der Waals surface area contributed by atoms with E-state index in [1.165, 1.54) is 29.6 Å². The van der Waals surface area contributed by atoms with Crippen LogP contribution in [0.2, 0.25) is 0 Å². The van der Waals surface area contributed by atoms with E-state index in [9.17, 15) is 8.42 Å². The minimum atomic E-state index is -3.95. The Kier molecular flexibility index (Phi) is 11.3. The van der Waals surface area contributed by atoms with Crippen LogP contribution in [0.4, 0.5) is 0 Å². The van der Waals surface area contributed by atoms with Crippen molar-refractivity contribution in [1.29, 1.82) is 0 Å². The van der Waals surface area contributed by atoms with E-state index in [4.69, 9.17) is 5.73 Å². The molecule has 1 aliphatic rings. The van der Waals surface area contributed by atoms with Crippen molar-refractivity contribution in [1.82, 2.24) is 0 Å². The minimum absolute atomic E-state index is 0. The Hall–Kier alpha value is -2.34. The second kappa shape index (κ2) is 14.0. The molecule has 6 heteroatoms. The number of sulfonamides is 1. The second-order valence-electron chi connectivity index (χ2n) is 9.96. The number of nitrogens with one attached hydrogen (secondary N) is 1. The predicted octanol–water partition coefficient (Wildman–Crippen LogP) is 9.41. The maximum Gasteiger partial charge on any atom is 3.00 e. The summed E-state index contributed by atoms with van der Waals surface area (Å²) in [7, 11) is -3.95. The first-order valence-electron chi connectivity index (χ1n) is 13.1. The zero-order chi connectivity index (χ0) is 28.2. The summed E-state index contributed by atoms with van der Waals surface area (Å²) in [5.74, 6) is 7.34. The van der Waals surface area contributed by atoms with Crippen LogP contribution in [0.5, 0.6) is 0 Å². The largest absolute Gasteiger partial charge is 3.00 e. The Morgan fingerprint density at radius 1 is 0.575 bits per heavy atom. The normalized spacial score (nSPS) is 17.1. The number of hydrogen-bond acceptors (Lipinski definition) is 2. The average molecular weight is 728 g/mol. The molecule has 4 nitrogen and oxygen atoms in total. The zero-order valence-electron chi connectivity index (χ0n) is 23.5. The van der Waals surface area contributed by atoms with Gasteiger partial charge < -0.3 is 10.5 Å². The van der Waals surface area contributed by atoms with Gasteiger partial charge in [-0.2, -0.15) is 0 Å². The Morgan fingerprint density at radius 2 is 1.00 bits per heavy atom. The Balaban J connectivity index is 0.000000340. The van der Waals surface area contributed by atoms with Crippen LogP contribution in [0.25, 0.3) is 21.2 Å². The van der Waals surface area contributed by atoms with Crippen molar-refractivity contribution in [3.05, 3.63) is 154 Å². The molecule has 0 amide bonds. The van der Waals surface area contributed by atoms with Crippen molar-refractivity contribution in [2.24, 2.45) is 0 Å². The summed E-state index contributed by atoms with van der Waals surface area (Å²) in [6, 6.07) is 29.3. The first kappa shape index (κ1) is 32.2. The SMILES string of the molecule is C[C]1[C](C)[C](C)[C](C)[C]1C.[Ir+3].[NH-][C@H](c1ccccc1)[C@H]([N-]S(=O)(=O)c1ccc2ccccc2c1)c1ccccc1. The summed E-state index contributed by atoms with van der Waals surface area (Å²) >= 11 is 0. The van der Waals surface area contributed by atoms with Gasteiger partial charge in [-0.25, -0.2) is 8.42 Å². The van der Waals surface area contributed by atoms with E-state index < -0.39 is 22.1 Å². The molecule has 0 aromatic heterocycles. The van der Waals surface area contributed by atoms with Crippen molar-refractivity contribution in [3.8, 4) is 0 Å². The van der Waals surface area contributed by atoms with E-state index in [0.717, 1.165) is 16.3 Å². The standard InChI is InChI=1S/C24H20N2O2S.C10H15.Ir/c25-23(19-10-3-1-4-11-19)24(20-12-5-2-6-13-20)26-29(27,28)22-16-15-18-9-7-8-14-21(18)17-22;1-6-7(2)9(4)10(5)8(6)3;/h1-17,23-25H;1-5H3;/q-2;;+3/t23-,24-;;/m1../s1. The van der Waals surface area contributed by atoms with E-state index in [1.807, 2.05) is 84.9 Å². The van der Waals surface area contributed by atoms with Crippen LogP contribution in [0.15, 0.2) is 108 Å². The van der Waals surface area contributed by atoms with Gasteiger partial charge in [0.2, 0.25) is 0 Å². The monoisotopic (exact) mass is 728 g/mol. The quantitative estimate of drug-likeness (QED) is 0.199. The molecule has 4 aromatic rings. The van der Waals surface area contributed by atoms with Crippen LogP contribution in [0.1, 0.15) is 57.8 Å². The number of hydrogen-bond donors (Lipinski definition) is 0. The van der Waals surface area contributed by atoms with Gasteiger partial charge in [0.05, 0.1) is 0 Å². The van der Waals surface area contributed by atoms with Gasteiger partial charge in [-0.15, -0.1) is 12.1 Å². The van der Waals surface area contributed by atoms with E-state index in [2.05, 4.69) is 39.3 Å².